The van der Waals surface area contributed by atoms with Crippen molar-refractivity contribution in [2.45, 2.75) is 25.1 Å². The van der Waals surface area contributed by atoms with Gasteiger partial charge in [-0.3, -0.25) is 0 Å². The van der Waals surface area contributed by atoms with E-state index in [1.165, 1.54) is 0 Å². The standard InChI is InChI=1S/C7H13FO2/c1-7(8)3-6(4-9-2)10-5-7/h6H,3-5H2,1-2H3/t6-,7-/m0/s1. The average molecular weight is 148 g/mol. The molecule has 0 saturated carbocycles. The minimum atomic E-state index is -1.14. The predicted molar refractivity (Wildman–Crippen MR) is 35.7 cm³/mol. The fraction of sp³-hybridized carbons (Fsp3) is 1.00. The second-order valence-electron chi connectivity index (χ2n) is 3.01. The van der Waals surface area contributed by atoms with Crippen LogP contribution in [-0.2, 0) is 9.47 Å². The summed E-state index contributed by atoms with van der Waals surface area (Å²) in [5, 5.41) is 0. The number of hydrogen-bond acceptors (Lipinski definition) is 2. The van der Waals surface area contributed by atoms with Gasteiger partial charge in [-0.15, -0.1) is 0 Å². The van der Waals surface area contributed by atoms with Crippen molar-refractivity contribution in [3.63, 3.8) is 0 Å². The van der Waals surface area contributed by atoms with Crippen molar-refractivity contribution in [1.29, 1.82) is 0 Å². The molecule has 10 heavy (non-hydrogen) atoms. The van der Waals surface area contributed by atoms with E-state index in [1.54, 1.807) is 14.0 Å². The normalized spacial score (nSPS) is 40.5. The minimum Gasteiger partial charge on any atom is -0.382 e. The highest BCUT2D eigenvalue weighted by molar-refractivity contribution is 4.83. The van der Waals surface area contributed by atoms with Gasteiger partial charge in [-0.1, -0.05) is 0 Å². The lowest BCUT2D eigenvalue weighted by Crippen LogP contribution is -2.18. The Morgan fingerprint density at radius 2 is 2.50 bits per heavy atom. The molecular formula is C7H13FO2. The maximum Gasteiger partial charge on any atom is 0.134 e. The summed E-state index contributed by atoms with van der Waals surface area (Å²) in [7, 11) is 1.59. The monoisotopic (exact) mass is 148 g/mol. The van der Waals surface area contributed by atoms with E-state index >= 15 is 0 Å². The Labute approximate surface area is 60.3 Å². The van der Waals surface area contributed by atoms with Crippen molar-refractivity contribution in [2.75, 3.05) is 20.3 Å². The van der Waals surface area contributed by atoms with Crippen molar-refractivity contribution in [1.82, 2.24) is 0 Å². The molecule has 2 atom stereocenters. The van der Waals surface area contributed by atoms with Gasteiger partial charge in [-0.05, 0) is 6.92 Å². The number of methoxy groups -OCH3 is 1. The summed E-state index contributed by atoms with van der Waals surface area (Å²) >= 11 is 0. The molecule has 0 aliphatic carbocycles. The third kappa shape index (κ3) is 1.92. The first kappa shape index (κ1) is 7.95. The Morgan fingerprint density at radius 1 is 1.80 bits per heavy atom. The predicted octanol–water partition coefficient (Wildman–Crippen LogP) is 1.15. The number of hydrogen-bond donors (Lipinski definition) is 0. The van der Waals surface area contributed by atoms with Gasteiger partial charge in [-0.25, -0.2) is 4.39 Å². The van der Waals surface area contributed by atoms with Gasteiger partial charge in [0.05, 0.1) is 19.3 Å². The van der Waals surface area contributed by atoms with Crippen LogP contribution < -0.4 is 0 Å². The van der Waals surface area contributed by atoms with Gasteiger partial charge < -0.3 is 9.47 Å². The van der Waals surface area contributed by atoms with Crippen molar-refractivity contribution in [3.8, 4) is 0 Å². The van der Waals surface area contributed by atoms with Crippen LogP contribution in [0.3, 0.4) is 0 Å². The maximum absolute atomic E-state index is 13.0. The van der Waals surface area contributed by atoms with Crippen molar-refractivity contribution >= 4 is 0 Å². The zero-order valence-corrected chi connectivity index (χ0v) is 6.39. The third-order valence-corrected chi connectivity index (χ3v) is 1.63. The lowest BCUT2D eigenvalue weighted by molar-refractivity contribution is 0.0326. The number of alkyl halides is 1. The van der Waals surface area contributed by atoms with Gasteiger partial charge in [0.1, 0.15) is 5.67 Å². The van der Waals surface area contributed by atoms with Gasteiger partial charge in [0.15, 0.2) is 0 Å². The molecule has 0 aromatic rings. The fourth-order valence-electron chi connectivity index (χ4n) is 1.18. The van der Waals surface area contributed by atoms with Crippen LogP contribution in [0.15, 0.2) is 0 Å². The lowest BCUT2D eigenvalue weighted by atomic mass is 10.1. The van der Waals surface area contributed by atoms with E-state index in [0.717, 1.165) is 0 Å². The molecule has 0 bridgehead atoms. The van der Waals surface area contributed by atoms with Crippen molar-refractivity contribution < 1.29 is 13.9 Å². The molecule has 1 heterocycles. The van der Waals surface area contributed by atoms with Crippen LogP contribution in [0.4, 0.5) is 4.39 Å². The van der Waals surface area contributed by atoms with E-state index in [0.29, 0.717) is 13.0 Å². The highest BCUT2D eigenvalue weighted by Gasteiger charge is 2.35. The Balaban J connectivity index is 2.29. The summed E-state index contributed by atoms with van der Waals surface area (Å²) in [5.74, 6) is 0. The molecule has 1 aliphatic heterocycles. The largest absolute Gasteiger partial charge is 0.382 e. The van der Waals surface area contributed by atoms with Crippen LogP contribution in [0, 0.1) is 0 Å². The molecule has 60 valence electrons. The van der Waals surface area contributed by atoms with Crippen molar-refractivity contribution in [2.24, 2.45) is 0 Å². The molecule has 0 unspecified atom stereocenters. The zero-order valence-electron chi connectivity index (χ0n) is 6.39. The molecular weight excluding hydrogens is 135 g/mol. The lowest BCUT2D eigenvalue weighted by Gasteiger charge is -2.08. The summed E-state index contributed by atoms with van der Waals surface area (Å²) in [6.45, 7) is 2.27. The quantitative estimate of drug-likeness (QED) is 0.584. The Hall–Kier alpha value is -0.150. The Kier molecular flexibility index (Phi) is 2.26. The smallest absolute Gasteiger partial charge is 0.134 e. The summed E-state index contributed by atoms with van der Waals surface area (Å²) in [5.41, 5.74) is -1.14. The molecule has 3 heteroatoms. The molecule has 0 spiro atoms. The van der Waals surface area contributed by atoms with Crippen LogP contribution >= 0.6 is 0 Å². The van der Waals surface area contributed by atoms with Gasteiger partial charge in [0, 0.05) is 13.5 Å². The zero-order chi connectivity index (χ0) is 7.61. The summed E-state index contributed by atoms with van der Waals surface area (Å²) in [6, 6.07) is 0. The fourth-order valence-corrected chi connectivity index (χ4v) is 1.18. The van der Waals surface area contributed by atoms with Crippen LogP contribution in [-0.4, -0.2) is 32.1 Å². The second kappa shape index (κ2) is 2.84. The molecule has 0 aromatic heterocycles. The second-order valence-corrected chi connectivity index (χ2v) is 3.01. The molecule has 1 saturated heterocycles. The van der Waals surface area contributed by atoms with E-state index in [4.69, 9.17) is 9.47 Å². The van der Waals surface area contributed by atoms with Gasteiger partial charge in [0.25, 0.3) is 0 Å². The van der Waals surface area contributed by atoms with E-state index in [2.05, 4.69) is 0 Å². The summed E-state index contributed by atoms with van der Waals surface area (Å²) in [6.07, 6.45) is 0.418. The summed E-state index contributed by atoms with van der Waals surface area (Å²) < 4.78 is 22.9. The SMILES string of the molecule is COC[C@@H]1C[C@](C)(F)CO1. The number of ether oxygens (including phenoxy) is 2. The van der Waals surface area contributed by atoms with E-state index in [-0.39, 0.29) is 12.7 Å². The Morgan fingerprint density at radius 3 is 2.90 bits per heavy atom. The number of halogens is 1. The molecule has 1 aliphatic rings. The molecule has 0 amide bonds. The number of rotatable bonds is 2. The molecule has 0 N–H and O–H groups in total. The van der Waals surface area contributed by atoms with Crippen LogP contribution in [0.5, 0.6) is 0 Å². The van der Waals surface area contributed by atoms with Crippen molar-refractivity contribution in [3.05, 3.63) is 0 Å². The topological polar surface area (TPSA) is 18.5 Å². The van der Waals surface area contributed by atoms with Crippen LogP contribution in [0.25, 0.3) is 0 Å². The first-order valence-electron chi connectivity index (χ1n) is 3.43. The molecule has 0 aromatic carbocycles. The van der Waals surface area contributed by atoms with E-state index < -0.39 is 5.67 Å². The van der Waals surface area contributed by atoms with Gasteiger partial charge in [-0.2, -0.15) is 0 Å². The van der Waals surface area contributed by atoms with Crippen LogP contribution in [0.1, 0.15) is 13.3 Å². The van der Waals surface area contributed by atoms with Gasteiger partial charge in [0.2, 0.25) is 0 Å². The first-order chi connectivity index (χ1) is 4.64. The average Bonchev–Trinajstić information content (AvgIpc) is 2.12. The first-order valence-corrected chi connectivity index (χ1v) is 3.43. The molecule has 2 nitrogen and oxygen atoms in total. The molecule has 0 radical (unpaired) electrons. The highest BCUT2D eigenvalue weighted by atomic mass is 19.1. The van der Waals surface area contributed by atoms with E-state index in [9.17, 15) is 4.39 Å². The molecule has 1 fully saturated rings. The van der Waals surface area contributed by atoms with E-state index in [1.807, 2.05) is 0 Å². The van der Waals surface area contributed by atoms with Gasteiger partial charge >= 0.3 is 0 Å². The molecule has 1 rings (SSSR count). The minimum absolute atomic E-state index is 0.0417. The Bertz CT molecular complexity index is 114. The highest BCUT2D eigenvalue weighted by Crippen LogP contribution is 2.27. The summed E-state index contributed by atoms with van der Waals surface area (Å²) in [4.78, 5) is 0. The van der Waals surface area contributed by atoms with Crippen LogP contribution in [0.2, 0.25) is 0 Å². The third-order valence-electron chi connectivity index (χ3n) is 1.63. The maximum atomic E-state index is 13.0.